The summed E-state index contributed by atoms with van der Waals surface area (Å²) in [5.41, 5.74) is 3.30. The molecule has 1 unspecified atom stereocenters. The van der Waals surface area contributed by atoms with Gasteiger partial charge in [0.05, 0.1) is 28.4 Å². The molecule has 0 saturated heterocycles. The molecule has 2 aromatic carbocycles. The van der Waals surface area contributed by atoms with Crippen molar-refractivity contribution in [1.82, 2.24) is 10.7 Å². The zero-order chi connectivity index (χ0) is 24.5. The number of nitrogens with zero attached hydrogens (tertiary/aromatic N) is 1. The first-order valence-electron chi connectivity index (χ1n) is 9.70. The molecule has 0 aliphatic rings. The molecule has 2 amide bonds. The van der Waals surface area contributed by atoms with Gasteiger partial charge in [0, 0.05) is 5.02 Å². The normalized spacial score (nSPS) is 11.8. The van der Waals surface area contributed by atoms with E-state index in [9.17, 15) is 14.4 Å². The van der Waals surface area contributed by atoms with Gasteiger partial charge in [0.25, 0.3) is 11.8 Å². The van der Waals surface area contributed by atoms with E-state index >= 15 is 0 Å². The fourth-order valence-corrected chi connectivity index (χ4v) is 3.58. The highest BCUT2D eigenvalue weighted by Crippen LogP contribution is 2.25. The van der Waals surface area contributed by atoms with E-state index in [0.717, 1.165) is 0 Å². The van der Waals surface area contributed by atoms with Crippen molar-refractivity contribution in [3.8, 4) is 5.75 Å². The molecule has 33 heavy (non-hydrogen) atoms. The van der Waals surface area contributed by atoms with E-state index < -0.39 is 23.8 Å². The predicted octanol–water partition coefficient (Wildman–Crippen LogP) is 4.21. The molecule has 11 heteroatoms. The smallest absolute Gasteiger partial charge is 0.343 e. The van der Waals surface area contributed by atoms with Gasteiger partial charge in [-0.25, -0.2) is 10.2 Å². The third-order valence-electron chi connectivity index (χ3n) is 4.33. The van der Waals surface area contributed by atoms with Crippen LogP contribution >= 0.6 is 39.1 Å². The van der Waals surface area contributed by atoms with Crippen LogP contribution in [0.25, 0.3) is 0 Å². The molecule has 0 spiro atoms. The largest absolute Gasteiger partial charge is 0.481 e. The lowest BCUT2D eigenvalue weighted by molar-refractivity contribution is -0.142. The van der Waals surface area contributed by atoms with Crippen LogP contribution in [-0.2, 0) is 14.3 Å². The number of carbonyl (C=O) groups is 3. The van der Waals surface area contributed by atoms with Gasteiger partial charge in [0.2, 0.25) is 0 Å². The Kier molecular flexibility index (Phi) is 10.1. The van der Waals surface area contributed by atoms with Crippen molar-refractivity contribution >= 4 is 63.1 Å². The first-order chi connectivity index (χ1) is 15.6. The number of carbonyl (C=O) groups excluding carboxylic acids is 3. The number of methoxy groups -OCH3 is 1. The quantitative estimate of drug-likeness (QED) is 0.272. The molecule has 0 heterocycles. The highest BCUT2D eigenvalue weighted by molar-refractivity contribution is 9.10. The van der Waals surface area contributed by atoms with Gasteiger partial charge < -0.3 is 14.8 Å². The zero-order valence-electron chi connectivity index (χ0n) is 18.0. The zero-order valence-corrected chi connectivity index (χ0v) is 21.1. The lowest BCUT2D eigenvalue weighted by Crippen LogP contribution is -2.48. The maximum atomic E-state index is 12.6. The fourth-order valence-electron chi connectivity index (χ4n) is 2.58. The van der Waals surface area contributed by atoms with E-state index in [1.807, 2.05) is 0 Å². The maximum absolute atomic E-state index is 12.6. The van der Waals surface area contributed by atoms with Gasteiger partial charge in [-0.3, -0.25) is 9.59 Å². The number of nitrogens with one attached hydrogen (secondary N) is 2. The molecule has 176 valence electrons. The van der Waals surface area contributed by atoms with E-state index in [0.29, 0.717) is 20.8 Å². The molecule has 0 saturated carbocycles. The first-order valence-corrected chi connectivity index (χ1v) is 11.2. The number of benzene rings is 2. The summed E-state index contributed by atoms with van der Waals surface area (Å²) in [6, 6.07) is 8.68. The van der Waals surface area contributed by atoms with Crippen molar-refractivity contribution in [3.05, 3.63) is 62.0 Å². The Morgan fingerprint density at radius 2 is 1.88 bits per heavy atom. The summed E-state index contributed by atoms with van der Waals surface area (Å²) in [4.78, 5) is 36.4. The number of hydrogen-bond donors (Lipinski definition) is 2. The van der Waals surface area contributed by atoms with Gasteiger partial charge in [-0.1, -0.05) is 37.0 Å². The number of ether oxygens (including phenoxy) is 2. The summed E-state index contributed by atoms with van der Waals surface area (Å²) in [6.45, 7) is 3.37. The van der Waals surface area contributed by atoms with Crippen LogP contribution in [0.15, 0.2) is 46.0 Å². The standard InChI is InChI=1S/C22H22BrCl2N3O5/c1-12(2)20(27-21(30)15-6-5-14(24)9-17(15)25)22(31)28-26-10-13-4-7-18(16(23)8-13)33-11-19(29)32-3/h4-10,12,20H,11H2,1-3H3,(H,27,30)(H,28,31)/b26-10+. The minimum atomic E-state index is -0.845. The van der Waals surface area contributed by atoms with Crippen molar-refractivity contribution in [3.63, 3.8) is 0 Å². The SMILES string of the molecule is COC(=O)COc1ccc(/C=N/NC(=O)C(NC(=O)c2ccc(Cl)cc2Cl)C(C)C)cc1Br. The predicted molar refractivity (Wildman–Crippen MR) is 130 cm³/mol. The molecule has 0 aromatic heterocycles. The minimum absolute atomic E-state index is 0.186. The second-order valence-electron chi connectivity index (χ2n) is 7.11. The Labute approximate surface area is 209 Å². The molecule has 2 aromatic rings. The van der Waals surface area contributed by atoms with Gasteiger partial charge >= 0.3 is 5.97 Å². The summed E-state index contributed by atoms with van der Waals surface area (Å²) in [5, 5.41) is 7.22. The third kappa shape index (κ3) is 8.03. The molecule has 2 N–H and O–H groups in total. The van der Waals surface area contributed by atoms with Crippen LogP contribution in [-0.4, -0.2) is 43.8 Å². The van der Waals surface area contributed by atoms with E-state index in [1.165, 1.54) is 25.5 Å². The monoisotopic (exact) mass is 557 g/mol. The molecule has 0 aliphatic heterocycles. The number of hydrogen-bond acceptors (Lipinski definition) is 6. The lowest BCUT2D eigenvalue weighted by atomic mass is 10.0. The van der Waals surface area contributed by atoms with Gasteiger partial charge in [-0.15, -0.1) is 0 Å². The summed E-state index contributed by atoms with van der Waals surface area (Å²) in [7, 11) is 1.27. The second kappa shape index (κ2) is 12.6. The van der Waals surface area contributed by atoms with Crippen molar-refractivity contribution in [2.24, 2.45) is 11.0 Å². The highest BCUT2D eigenvalue weighted by Gasteiger charge is 2.25. The second-order valence-corrected chi connectivity index (χ2v) is 8.81. The molecule has 0 radical (unpaired) electrons. The number of esters is 1. The van der Waals surface area contributed by atoms with Gasteiger partial charge in [-0.2, -0.15) is 5.10 Å². The number of rotatable bonds is 9. The van der Waals surface area contributed by atoms with Crippen LogP contribution in [0.1, 0.15) is 29.8 Å². The van der Waals surface area contributed by atoms with Crippen LogP contribution < -0.4 is 15.5 Å². The van der Waals surface area contributed by atoms with Crippen molar-refractivity contribution in [2.45, 2.75) is 19.9 Å². The minimum Gasteiger partial charge on any atom is -0.481 e. The molecule has 0 fully saturated rings. The Hall–Kier alpha value is -2.62. The highest BCUT2D eigenvalue weighted by atomic mass is 79.9. The maximum Gasteiger partial charge on any atom is 0.343 e. The van der Waals surface area contributed by atoms with Crippen molar-refractivity contribution < 1.29 is 23.9 Å². The van der Waals surface area contributed by atoms with Crippen LogP contribution in [0.3, 0.4) is 0 Å². The van der Waals surface area contributed by atoms with E-state index in [2.05, 4.69) is 36.5 Å². The van der Waals surface area contributed by atoms with Crippen LogP contribution in [0.2, 0.25) is 10.0 Å². The summed E-state index contributed by atoms with van der Waals surface area (Å²) < 4.78 is 10.5. The number of amides is 2. The van der Waals surface area contributed by atoms with E-state index in [1.54, 1.807) is 38.1 Å². The van der Waals surface area contributed by atoms with Crippen molar-refractivity contribution in [2.75, 3.05) is 13.7 Å². The van der Waals surface area contributed by atoms with E-state index in [-0.39, 0.29) is 23.1 Å². The molecule has 2 rings (SSSR count). The Bertz CT molecular complexity index is 1060. The van der Waals surface area contributed by atoms with Gasteiger partial charge in [-0.05, 0) is 63.8 Å². The Morgan fingerprint density at radius 3 is 2.48 bits per heavy atom. The van der Waals surface area contributed by atoms with Crippen molar-refractivity contribution in [1.29, 1.82) is 0 Å². The molecule has 0 aliphatic carbocycles. The topological polar surface area (TPSA) is 106 Å². The number of halogens is 3. The third-order valence-corrected chi connectivity index (χ3v) is 5.50. The van der Waals surface area contributed by atoms with Crippen LogP contribution in [0, 0.1) is 5.92 Å². The summed E-state index contributed by atoms with van der Waals surface area (Å²) in [6.07, 6.45) is 1.43. The molecular formula is C22H22BrCl2N3O5. The fraction of sp³-hybridized carbons (Fsp3) is 0.273. The number of hydrazone groups is 1. The average Bonchev–Trinajstić information content (AvgIpc) is 2.76. The molecule has 1 atom stereocenters. The average molecular weight is 559 g/mol. The Balaban J connectivity index is 2.00. The molecule has 0 bridgehead atoms. The molecular weight excluding hydrogens is 537 g/mol. The first kappa shape index (κ1) is 26.6. The van der Waals surface area contributed by atoms with Gasteiger partial charge in [0.15, 0.2) is 6.61 Å². The molecule has 8 nitrogen and oxygen atoms in total. The Morgan fingerprint density at radius 1 is 1.15 bits per heavy atom. The summed E-state index contributed by atoms with van der Waals surface area (Å²) >= 11 is 15.3. The van der Waals surface area contributed by atoms with Crippen LogP contribution in [0.5, 0.6) is 5.75 Å². The lowest BCUT2D eigenvalue weighted by Gasteiger charge is -2.20. The van der Waals surface area contributed by atoms with Crippen LogP contribution in [0.4, 0.5) is 0 Å². The van der Waals surface area contributed by atoms with E-state index in [4.69, 9.17) is 27.9 Å². The van der Waals surface area contributed by atoms with Gasteiger partial charge in [0.1, 0.15) is 11.8 Å². The summed E-state index contributed by atoms with van der Waals surface area (Å²) in [5.74, 6) is -1.25.